The molecule has 38 heavy (non-hydrogen) atoms. The standard InChI is InChI=1S/C30H29F2N3O3/c31-23-11-9-19(10-12-23)28-20(4-1-2-7-27(36)37)14-21-15-22(17-33-29(21)35-28)30(38)34-26-6-3-5-18-8-13-24(32)16-25(18)26/h8-9,11-17,19,26H,1-7,10H2,(H,34,38)(H,36,37). The minimum absolute atomic E-state index is 0.0910. The highest BCUT2D eigenvalue weighted by atomic mass is 19.1. The Balaban J connectivity index is 1.41. The average Bonchev–Trinajstić information content (AvgIpc) is 2.91. The molecule has 2 aromatic heterocycles. The highest BCUT2D eigenvalue weighted by molar-refractivity contribution is 5.97. The van der Waals surface area contributed by atoms with Crippen LogP contribution in [0.4, 0.5) is 8.78 Å². The summed E-state index contributed by atoms with van der Waals surface area (Å²) in [6, 6.07) is 8.17. The number of carbonyl (C=O) groups excluding carboxylic acids is 1. The van der Waals surface area contributed by atoms with Crippen LogP contribution in [0.2, 0.25) is 0 Å². The van der Waals surface area contributed by atoms with Gasteiger partial charge in [-0.3, -0.25) is 9.59 Å². The molecule has 2 unspecified atom stereocenters. The minimum Gasteiger partial charge on any atom is -0.481 e. The fourth-order valence-electron chi connectivity index (χ4n) is 5.32. The molecule has 1 amide bonds. The lowest BCUT2D eigenvalue weighted by atomic mass is 9.87. The molecule has 2 aliphatic rings. The van der Waals surface area contributed by atoms with Crippen LogP contribution in [0.15, 0.2) is 60.6 Å². The van der Waals surface area contributed by atoms with Crippen molar-refractivity contribution in [3.8, 4) is 0 Å². The normalized spacial score (nSPS) is 18.6. The van der Waals surface area contributed by atoms with Crippen molar-refractivity contribution in [2.24, 2.45) is 0 Å². The van der Waals surface area contributed by atoms with Crippen molar-refractivity contribution in [3.63, 3.8) is 0 Å². The molecule has 196 valence electrons. The topological polar surface area (TPSA) is 92.2 Å². The van der Waals surface area contributed by atoms with Crippen LogP contribution in [-0.4, -0.2) is 27.0 Å². The summed E-state index contributed by atoms with van der Waals surface area (Å²) in [6.45, 7) is 0. The summed E-state index contributed by atoms with van der Waals surface area (Å²) in [7, 11) is 0. The number of aromatic nitrogens is 2. The molecule has 0 aliphatic heterocycles. The fraction of sp³-hybridized carbons (Fsp3) is 0.333. The fourth-order valence-corrected chi connectivity index (χ4v) is 5.32. The van der Waals surface area contributed by atoms with E-state index in [1.165, 1.54) is 30.5 Å². The van der Waals surface area contributed by atoms with Gasteiger partial charge in [-0.05, 0) is 98.1 Å². The molecule has 2 N–H and O–H groups in total. The van der Waals surface area contributed by atoms with E-state index in [4.69, 9.17) is 10.1 Å². The van der Waals surface area contributed by atoms with Crippen molar-refractivity contribution in [1.82, 2.24) is 15.3 Å². The number of aryl methyl sites for hydroxylation is 2. The third-order valence-electron chi connectivity index (χ3n) is 7.26. The van der Waals surface area contributed by atoms with Crippen LogP contribution in [0.5, 0.6) is 0 Å². The number of carboxylic acids is 1. The number of carboxylic acid groups (broad SMARTS) is 1. The third-order valence-corrected chi connectivity index (χ3v) is 7.26. The van der Waals surface area contributed by atoms with E-state index in [0.29, 0.717) is 42.3 Å². The lowest BCUT2D eigenvalue weighted by Crippen LogP contribution is -2.31. The van der Waals surface area contributed by atoms with Crippen LogP contribution in [0.25, 0.3) is 11.0 Å². The molecule has 6 nitrogen and oxygen atoms in total. The van der Waals surface area contributed by atoms with Crippen molar-refractivity contribution in [1.29, 1.82) is 0 Å². The molecule has 0 radical (unpaired) electrons. The molecule has 2 atom stereocenters. The first-order valence-electron chi connectivity index (χ1n) is 13.0. The van der Waals surface area contributed by atoms with E-state index < -0.39 is 5.97 Å². The zero-order valence-corrected chi connectivity index (χ0v) is 20.9. The second kappa shape index (κ2) is 11.2. The first-order chi connectivity index (χ1) is 18.4. The Kier molecular flexibility index (Phi) is 7.58. The number of nitrogens with one attached hydrogen (secondary N) is 1. The summed E-state index contributed by atoms with van der Waals surface area (Å²) in [5.74, 6) is -1.82. The van der Waals surface area contributed by atoms with Crippen LogP contribution >= 0.6 is 0 Å². The highest BCUT2D eigenvalue weighted by Gasteiger charge is 2.24. The van der Waals surface area contributed by atoms with E-state index in [-0.39, 0.29) is 35.9 Å². The van der Waals surface area contributed by atoms with E-state index in [1.54, 1.807) is 18.2 Å². The Morgan fingerprint density at radius 3 is 2.79 bits per heavy atom. The van der Waals surface area contributed by atoms with E-state index in [0.717, 1.165) is 41.6 Å². The van der Waals surface area contributed by atoms with Crippen LogP contribution < -0.4 is 5.32 Å². The van der Waals surface area contributed by atoms with E-state index >= 15 is 0 Å². The summed E-state index contributed by atoms with van der Waals surface area (Å²) in [6.07, 6.45) is 11.1. The van der Waals surface area contributed by atoms with Crippen LogP contribution in [0.1, 0.15) is 83.2 Å². The quantitative estimate of drug-likeness (QED) is 0.344. The second-order valence-corrected chi connectivity index (χ2v) is 9.96. The lowest BCUT2D eigenvalue weighted by molar-refractivity contribution is -0.137. The molecule has 0 spiro atoms. The molecule has 0 fully saturated rings. The number of hydrogen-bond acceptors (Lipinski definition) is 4. The van der Waals surface area contributed by atoms with Crippen molar-refractivity contribution < 1.29 is 23.5 Å². The van der Waals surface area contributed by atoms with Gasteiger partial charge in [0, 0.05) is 23.9 Å². The molecule has 5 rings (SSSR count). The molecule has 0 bridgehead atoms. The van der Waals surface area contributed by atoms with Gasteiger partial charge in [0.25, 0.3) is 5.91 Å². The number of fused-ring (bicyclic) bond motifs is 2. The Hall–Kier alpha value is -3.94. The number of halogens is 2. The number of aliphatic carboxylic acids is 1. The van der Waals surface area contributed by atoms with Gasteiger partial charge in [-0.2, -0.15) is 0 Å². The first-order valence-corrected chi connectivity index (χ1v) is 13.0. The number of unbranched alkanes of at least 4 members (excludes halogenated alkanes) is 1. The SMILES string of the molecule is O=C(O)CCCCc1cc2cc(C(=O)NC3CCCc4ccc(F)cc43)cnc2nc1C1C=CC(F)=CC1. The van der Waals surface area contributed by atoms with Crippen molar-refractivity contribution in [3.05, 3.63) is 94.3 Å². The van der Waals surface area contributed by atoms with Gasteiger partial charge in [-0.25, -0.2) is 18.7 Å². The summed E-state index contributed by atoms with van der Waals surface area (Å²) in [4.78, 5) is 33.4. The molecule has 1 aromatic carbocycles. The molecule has 3 aromatic rings. The van der Waals surface area contributed by atoms with Crippen LogP contribution in [0, 0.1) is 5.82 Å². The Labute approximate surface area is 219 Å². The number of nitrogens with zero attached hydrogens (tertiary/aromatic N) is 2. The zero-order valence-electron chi connectivity index (χ0n) is 20.9. The number of amides is 1. The van der Waals surface area contributed by atoms with Crippen molar-refractivity contribution >= 4 is 22.9 Å². The Morgan fingerprint density at radius 1 is 1.13 bits per heavy atom. The van der Waals surface area contributed by atoms with Gasteiger partial charge in [0.15, 0.2) is 5.65 Å². The molecule has 2 aliphatic carbocycles. The van der Waals surface area contributed by atoms with Gasteiger partial charge in [-0.1, -0.05) is 12.1 Å². The minimum atomic E-state index is -0.833. The van der Waals surface area contributed by atoms with E-state index in [1.807, 2.05) is 6.07 Å². The number of pyridine rings is 2. The summed E-state index contributed by atoms with van der Waals surface area (Å²) in [5.41, 5.74) is 4.46. The maximum absolute atomic E-state index is 13.9. The number of benzene rings is 1. The zero-order chi connectivity index (χ0) is 26.6. The summed E-state index contributed by atoms with van der Waals surface area (Å²) >= 11 is 0. The molecular formula is C30H29F2N3O3. The Bertz CT molecular complexity index is 1450. The van der Waals surface area contributed by atoms with Gasteiger partial charge in [-0.15, -0.1) is 0 Å². The highest BCUT2D eigenvalue weighted by Crippen LogP contribution is 2.32. The lowest BCUT2D eigenvalue weighted by Gasteiger charge is -2.26. The number of rotatable bonds is 8. The molecule has 2 heterocycles. The average molecular weight is 518 g/mol. The summed E-state index contributed by atoms with van der Waals surface area (Å²) < 4.78 is 27.5. The van der Waals surface area contributed by atoms with E-state index in [9.17, 15) is 18.4 Å². The molecular weight excluding hydrogens is 488 g/mol. The number of allylic oxidation sites excluding steroid dienone is 4. The smallest absolute Gasteiger partial charge is 0.303 e. The van der Waals surface area contributed by atoms with Crippen molar-refractivity contribution in [2.45, 2.75) is 63.3 Å². The summed E-state index contributed by atoms with van der Waals surface area (Å²) in [5, 5.41) is 12.7. The number of hydrogen-bond donors (Lipinski definition) is 2. The van der Waals surface area contributed by atoms with Gasteiger partial charge in [0.1, 0.15) is 11.6 Å². The van der Waals surface area contributed by atoms with Crippen molar-refractivity contribution in [2.75, 3.05) is 0 Å². The second-order valence-electron chi connectivity index (χ2n) is 9.96. The van der Waals surface area contributed by atoms with Gasteiger partial charge >= 0.3 is 5.97 Å². The largest absolute Gasteiger partial charge is 0.481 e. The first kappa shape index (κ1) is 25.7. The monoisotopic (exact) mass is 517 g/mol. The van der Waals surface area contributed by atoms with Gasteiger partial charge < -0.3 is 10.4 Å². The maximum atomic E-state index is 13.9. The van der Waals surface area contributed by atoms with E-state index in [2.05, 4.69) is 10.3 Å². The Morgan fingerprint density at radius 2 is 2.00 bits per heavy atom. The number of carbonyl (C=O) groups is 2. The van der Waals surface area contributed by atoms with Crippen LogP contribution in [-0.2, 0) is 17.6 Å². The molecule has 8 heteroatoms. The third kappa shape index (κ3) is 5.79. The predicted molar refractivity (Wildman–Crippen MR) is 140 cm³/mol. The molecule has 0 saturated carbocycles. The predicted octanol–water partition coefficient (Wildman–Crippen LogP) is 6.27. The van der Waals surface area contributed by atoms with Crippen LogP contribution in [0.3, 0.4) is 0 Å². The molecule has 0 saturated heterocycles. The maximum Gasteiger partial charge on any atom is 0.303 e. The van der Waals surface area contributed by atoms with Gasteiger partial charge in [0.2, 0.25) is 0 Å². The van der Waals surface area contributed by atoms with Gasteiger partial charge in [0.05, 0.1) is 17.3 Å².